The number of primary amides is 1. The second-order valence-corrected chi connectivity index (χ2v) is 3.99. The fourth-order valence-corrected chi connectivity index (χ4v) is 1.94. The minimum Gasteiger partial charge on any atom is -0.370 e. The molecule has 2 aromatic rings. The topological polar surface area (TPSA) is 86.9 Å². The average Bonchev–Trinajstić information content (AvgIpc) is 2.51. The number of hydrogen-bond donors (Lipinski definition) is 2. The van der Waals surface area contributed by atoms with Crippen molar-refractivity contribution in [1.29, 1.82) is 0 Å². The fraction of sp³-hybridized carbons (Fsp3) is 0.273. The van der Waals surface area contributed by atoms with E-state index in [1.165, 1.54) is 12.1 Å². The van der Waals surface area contributed by atoms with Gasteiger partial charge in [-0.2, -0.15) is 0 Å². The van der Waals surface area contributed by atoms with Crippen LogP contribution in [0.2, 0.25) is 0 Å². The number of anilines is 1. The van der Waals surface area contributed by atoms with Gasteiger partial charge in [0.1, 0.15) is 5.82 Å². The van der Waals surface area contributed by atoms with E-state index in [4.69, 9.17) is 11.5 Å². The molecule has 2 rings (SSSR count). The molecule has 90 valence electrons. The molecule has 0 saturated carbocycles. The van der Waals surface area contributed by atoms with Crippen molar-refractivity contribution in [2.75, 3.05) is 5.73 Å². The number of aromatic nitrogens is 2. The van der Waals surface area contributed by atoms with Crippen LogP contribution < -0.4 is 11.5 Å². The third-order valence-electron chi connectivity index (χ3n) is 2.62. The smallest absolute Gasteiger partial charge is 0.219 e. The van der Waals surface area contributed by atoms with Gasteiger partial charge in [-0.15, -0.1) is 0 Å². The summed E-state index contributed by atoms with van der Waals surface area (Å²) in [6, 6.07) is 4.02. The molecule has 0 spiro atoms. The third kappa shape index (κ3) is 2.06. The van der Waals surface area contributed by atoms with Crippen LogP contribution in [0.3, 0.4) is 0 Å². The summed E-state index contributed by atoms with van der Waals surface area (Å²) in [7, 11) is 0. The molecule has 4 N–H and O–H groups in total. The number of benzene rings is 1. The molecule has 1 aromatic heterocycles. The molecule has 0 radical (unpaired) electrons. The van der Waals surface area contributed by atoms with Gasteiger partial charge in [-0.3, -0.25) is 4.79 Å². The van der Waals surface area contributed by atoms with Gasteiger partial charge in [-0.25, -0.2) is 9.37 Å². The van der Waals surface area contributed by atoms with Gasteiger partial charge in [0.25, 0.3) is 0 Å². The van der Waals surface area contributed by atoms with E-state index in [2.05, 4.69) is 4.98 Å². The molecule has 0 aliphatic heterocycles. The predicted octanol–water partition coefficient (Wildman–Crippen LogP) is 1.19. The van der Waals surface area contributed by atoms with Crippen LogP contribution in [0.15, 0.2) is 18.2 Å². The van der Waals surface area contributed by atoms with Gasteiger partial charge in [0.15, 0.2) is 0 Å². The van der Waals surface area contributed by atoms with Crippen LogP contribution in [0.1, 0.15) is 19.4 Å². The Morgan fingerprint density at radius 1 is 1.59 bits per heavy atom. The first-order valence-corrected chi connectivity index (χ1v) is 5.20. The van der Waals surface area contributed by atoms with Crippen LogP contribution in [0.4, 0.5) is 10.3 Å². The molecule has 0 aliphatic carbocycles. The Labute approximate surface area is 97.2 Å². The Morgan fingerprint density at radius 2 is 2.29 bits per heavy atom. The normalized spacial score (nSPS) is 12.8. The number of imidazole rings is 1. The van der Waals surface area contributed by atoms with Crippen LogP contribution in [0.5, 0.6) is 0 Å². The molecule has 6 heteroatoms. The number of hydrogen-bond acceptors (Lipinski definition) is 3. The highest BCUT2D eigenvalue weighted by molar-refractivity contribution is 5.79. The molecule has 17 heavy (non-hydrogen) atoms. The standard InChI is InChI=1S/C11H13FN4O/c1-6(4-10(13)17)16-9-3-2-7(12)5-8(9)15-11(16)14/h2-3,5-6H,4H2,1H3,(H2,13,17)(H2,14,15). The van der Waals surface area contributed by atoms with E-state index in [-0.39, 0.29) is 24.2 Å². The molecular formula is C11H13FN4O. The lowest BCUT2D eigenvalue weighted by Crippen LogP contribution is -2.18. The molecule has 1 heterocycles. The second kappa shape index (κ2) is 4.04. The first-order valence-electron chi connectivity index (χ1n) is 5.20. The molecule has 1 amide bonds. The maximum Gasteiger partial charge on any atom is 0.219 e. The van der Waals surface area contributed by atoms with Crippen molar-refractivity contribution in [2.45, 2.75) is 19.4 Å². The summed E-state index contributed by atoms with van der Waals surface area (Å²) in [5, 5.41) is 0. The van der Waals surface area contributed by atoms with Gasteiger partial charge in [0.2, 0.25) is 11.9 Å². The van der Waals surface area contributed by atoms with Crippen molar-refractivity contribution >= 4 is 22.9 Å². The van der Waals surface area contributed by atoms with E-state index in [1.807, 2.05) is 6.92 Å². The van der Waals surface area contributed by atoms with E-state index in [9.17, 15) is 9.18 Å². The maximum absolute atomic E-state index is 13.0. The Balaban J connectivity index is 2.53. The summed E-state index contributed by atoms with van der Waals surface area (Å²) in [5.74, 6) is -0.537. The number of carbonyl (C=O) groups excluding carboxylic acids is 1. The molecule has 0 bridgehead atoms. The first-order chi connectivity index (χ1) is 7.99. The Kier molecular flexibility index (Phi) is 2.71. The lowest BCUT2D eigenvalue weighted by atomic mass is 10.2. The van der Waals surface area contributed by atoms with Crippen LogP contribution >= 0.6 is 0 Å². The van der Waals surface area contributed by atoms with Crippen LogP contribution in [-0.2, 0) is 4.79 Å². The molecule has 5 nitrogen and oxygen atoms in total. The van der Waals surface area contributed by atoms with Crippen molar-refractivity contribution in [3.8, 4) is 0 Å². The van der Waals surface area contributed by atoms with Crippen molar-refractivity contribution in [2.24, 2.45) is 5.73 Å². The van der Waals surface area contributed by atoms with Gasteiger partial charge < -0.3 is 16.0 Å². The third-order valence-corrected chi connectivity index (χ3v) is 2.62. The van der Waals surface area contributed by atoms with Crippen molar-refractivity contribution in [3.05, 3.63) is 24.0 Å². The maximum atomic E-state index is 13.0. The zero-order valence-corrected chi connectivity index (χ0v) is 9.35. The molecule has 0 saturated heterocycles. The monoisotopic (exact) mass is 236 g/mol. The summed E-state index contributed by atoms with van der Waals surface area (Å²) in [6.45, 7) is 1.81. The highest BCUT2D eigenvalue weighted by Crippen LogP contribution is 2.24. The minimum absolute atomic E-state index is 0.160. The number of amides is 1. The summed E-state index contributed by atoms with van der Waals surface area (Å²) >= 11 is 0. The van der Waals surface area contributed by atoms with Crippen LogP contribution in [-0.4, -0.2) is 15.5 Å². The van der Waals surface area contributed by atoms with Gasteiger partial charge in [-0.05, 0) is 19.1 Å². The number of fused-ring (bicyclic) bond motifs is 1. The molecule has 0 aliphatic rings. The Bertz CT molecular complexity index is 578. The average molecular weight is 236 g/mol. The number of carbonyl (C=O) groups is 1. The van der Waals surface area contributed by atoms with E-state index in [0.29, 0.717) is 11.0 Å². The van der Waals surface area contributed by atoms with Gasteiger partial charge in [0.05, 0.1) is 11.0 Å². The lowest BCUT2D eigenvalue weighted by molar-refractivity contribution is -0.118. The van der Waals surface area contributed by atoms with E-state index in [1.54, 1.807) is 10.6 Å². The minimum atomic E-state index is -0.416. The quantitative estimate of drug-likeness (QED) is 0.839. The number of nitrogens with two attached hydrogens (primary N) is 2. The van der Waals surface area contributed by atoms with Crippen LogP contribution in [0.25, 0.3) is 11.0 Å². The summed E-state index contributed by atoms with van der Waals surface area (Å²) in [6.07, 6.45) is 0.160. The second-order valence-electron chi connectivity index (χ2n) is 3.99. The summed E-state index contributed by atoms with van der Waals surface area (Å²) in [4.78, 5) is 14.9. The largest absolute Gasteiger partial charge is 0.370 e. The first kappa shape index (κ1) is 11.4. The van der Waals surface area contributed by atoms with Crippen LogP contribution in [0, 0.1) is 5.82 Å². The fourth-order valence-electron chi connectivity index (χ4n) is 1.94. The SMILES string of the molecule is CC(CC(N)=O)n1c(N)nc2cc(F)ccc21. The Hall–Kier alpha value is -2.11. The van der Waals surface area contributed by atoms with E-state index >= 15 is 0 Å². The number of halogens is 1. The molecule has 1 unspecified atom stereocenters. The van der Waals surface area contributed by atoms with Crippen molar-refractivity contribution < 1.29 is 9.18 Å². The zero-order valence-electron chi connectivity index (χ0n) is 9.35. The predicted molar refractivity (Wildman–Crippen MR) is 62.6 cm³/mol. The Morgan fingerprint density at radius 3 is 2.94 bits per heavy atom. The van der Waals surface area contributed by atoms with E-state index in [0.717, 1.165) is 0 Å². The van der Waals surface area contributed by atoms with Crippen molar-refractivity contribution in [3.63, 3.8) is 0 Å². The number of rotatable bonds is 3. The molecular weight excluding hydrogens is 223 g/mol. The highest BCUT2D eigenvalue weighted by Gasteiger charge is 2.15. The zero-order chi connectivity index (χ0) is 12.6. The van der Waals surface area contributed by atoms with Gasteiger partial charge in [0, 0.05) is 18.5 Å². The molecule has 1 atom stereocenters. The van der Waals surface area contributed by atoms with Gasteiger partial charge in [-0.1, -0.05) is 0 Å². The van der Waals surface area contributed by atoms with Gasteiger partial charge >= 0.3 is 0 Å². The van der Waals surface area contributed by atoms with E-state index < -0.39 is 5.91 Å². The molecule has 1 aromatic carbocycles. The highest BCUT2D eigenvalue weighted by atomic mass is 19.1. The van der Waals surface area contributed by atoms with Crippen molar-refractivity contribution in [1.82, 2.24) is 9.55 Å². The summed E-state index contributed by atoms with van der Waals surface area (Å²) in [5.41, 5.74) is 12.1. The number of nitrogens with zero attached hydrogens (tertiary/aromatic N) is 2. The lowest BCUT2D eigenvalue weighted by Gasteiger charge is -2.13. The summed E-state index contributed by atoms with van der Waals surface area (Å²) < 4.78 is 14.7. The number of nitrogen functional groups attached to an aromatic ring is 1. The molecule has 0 fully saturated rings.